The standard InChI is InChI=1S/C28H20N6O2S/c35-37(36,24-6-2-1-3-7-24)34-15-12-22-18-23(9-11-27(22)34)32-28-25-17-21(8-10-26(25)30-19-31-28)5-4-14-33-16-13-29-20-33/h1-3,6-13,15-20H,14H2,(H,30,31,32). The summed E-state index contributed by atoms with van der Waals surface area (Å²) in [6, 6.07) is 21.5. The maximum absolute atomic E-state index is 13.1. The lowest BCUT2D eigenvalue weighted by molar-refractivity contribution is 0.589. The number of nitrogens with one attached hydrogen (secondary N) is 1. The van der Waals surface area contributed by atoms with E-state index in [-0.39, 0.29) is 4.90 Å². The van der Waals surface area contributed by atoms with Crippen molar-refractivity contribution in [2.75, 3.05) is 5.32 Å². The van der Waals surface area contributed by atoms with Crippen molar-refractivity contribution in [2.24, 2.45) is 0 Å². The zero-order valence-electron chi connectivity index (χ0n) is 19.5. The molecule has 180 valence electrons. The van der Waals surface area contributed by atoms with Gasteiger partial charge in [-0.05, 0) is 54.6 Å². The van der Waals surface area contributed by atoms with Crippen LogP contribution in [0, 0.1) is 11.8 Å². The first-order chi connectivity index (χ1) is 18.1. The van der Waals surface area contributed by atoms with Gasteiger partial charge in [-0.3, -0.25) is 0 Å². The van der Waals surface area contributed by atoms with Gasteiger partial charge in [0.05, 0.1) is 28.8 Å². The molecule has 37 heavy (non-hydrogen) atoms. The van der Waals surface area contributed by atoms with Crippen molar-refractivity contribution in [3.05, 3.63) is 110 Å². The fourth-order valence-corrected chi connectivity index (χ4v) is 5.47. The highest BCUT2D eigenvalue weighted by molar-refractivity contribution is 7.90. The number of hydrogen-bond donors (Lipinski definition) is 1. The first-order valence-electron chi connectivity index (χ1n) is 11.5. The van der Waals surface area contributed by atoms with Gasteiger partial charge in [-0.2, -0.15) is 0 Å². The molecule has 3 aromatic carbocycles. The molecule has 6 rings (SSSR count). The Morgan fingerprint density at radius 3 is 2.65 bits per heavy atom. The highest BCUT2D eigenvalue weighted by Gasteiger charge is 2.18. The summed E-state index contributed by atoms with van der Waals surface area (Å²) in [5.74, 6) is 6.96. The Hall–Kier alpha value is -4.94. The minimum absolute atomic E-state index is 0.242. The number of benzene rings is 3. The molecular weight excluding hydrogens is 484 g/mol. The summed E-state index contributed by atoms with van der Waals surface area (Å²) in [5.41, 5.74) is 3.01. The van der Waals surface area contributed by atoms with Crippen molar-refractivity contribution in [1.29, 1.82) is 0 Å². The number of rotatable bonds is 5. The average molecular weight is 505 g/mol. The summed E-state index contributed by atoms with van der Waals surface area (Å²) in [4.78, 5) is 13.1. The van der Waals surface area contributed by atoms with E-state index in [1.165, 1.54) is 10.3 Å². The van der Waals surface area contributed by atoms with E-state index in [1.807, 2.05) is 41.1 Å². The van der Waals surface area contributed by atoms with E-state index in [9.17, 15) is 8.42 Å². The van der Waals surface area contributed by atoms with Crippen molar-refractivity contribution in [3.8, 4) is 11.8 Å². The van der Waals surface area contributed by atoms with Crippen molar-refractivity contribution in [2.45, 2.75) is 11.4 Å². The SMILES string of the molecule is O=S(=O)(c1ccccc1)n1ccc2cc(Nc3ncnc4ccc(C#CCn5ccnc5)cc34)ccc21. The topological polar surface area (TPSA) is 94.7 Å². The molecule has 0 amide bonds. The molecule has 0 saturated heterocycles. The van der Waals surface area contributed by atoms with Gasteiger partial charge < -0.3 is 9.88 Å². The molecule has 6 aromatic rings. The highest BCUT2D eigenvalue weighted by Crippen LogP contribution is 2.28. The maximum atomic E-state index is 13.1. The first kappa shape index (κ1) is 22.5. The van der Waals surface area contributed by atoms with E-state index in [4.69, 9.17) is 0 Å². The van der Waals surface area contributed by atoms with Crippen LogP contribution in [0.3, 0.4) is 0 Å². The molecule has 9 heteroatoms. The zero-order valence-corrected chi connectivity index (χ0v) is 20.3. The van der Waals surface area contributed by atoms with Gasteiger partial charge in [0.2, 0.25) is 0 Å². The van der Waals surface area contributed by atoms with Gasteiger partial charge in [0, 0.05) is 40.6 Å². The molecule has 0 aliphatic heterocycles. The van der Waals surface area contributed by atoms with Gasteiger partial charge in [0.25, 0.3) is 10.0 Å². The van der Waals surface area contributed by atoms with Crippen LogP contribution in [0.1, 0.15) is 5.56 Å². The fraction of sp³-hybridized carbons (Fsp3) is 0.0357. The third-order valence-corrected chi connectivity index (χ3v) is 7.61. The summed E-state index contributed by atoms with van der Waals surface area (Å²) >= 11 is 0. The summed E-state index contributed by atoms with van der Waals surface area (Å²) < 4.78 is 29.4. The first-order valence-corrected chi connectivity index (χ1v) is 12.9. The summed E-state index contributed by atoms with van der Waals surface area (Å²) in [6.07, 6.45) is 8.41. The molecule has 0 bridgehead atoms. The number of imidazole rings is 1. The van der Waals surface area contributed by atoms with Gasteiger partial charge >= 0.3 is 0 Å². The van der Waals surface area contributed by atoms with E-state index >= 15 is 0 Å². The molecule has 0 fully saturated rings. The monoisotopic (exact) mass is 504 g/mol. The van der Waals surface area contributed by atoms with Crippen LogP contribution < -0.4 is 5.32 Å². The van der Waals surface area contributed by atoms with Crippen LogP contribution >= 0.6 is 0 Å². The molecule has 1 N–H and O–H groups in total. The van der Waals surface area contributed by atoms with Gasteiger partial charge in [-0.1, -0.05) is 30.0 Å². The second-order valence-corrected chi connectivity index (χ2v) is 10.1. The Bertz CT molecular complexity index is 1900. The average Bonchev–Trinajstić information content (AvgIpc) is 3.60. The van der Waals surface area contributed by atoms with E-state index < -0.39 is 10.0 Å². The van der Waals surface area contributed by atoms with Crippen LogP contribution in [0.4, 0.5) is 11.5 Å². The van der Waals surface area contributed by atoms with Gasteiger partial charge in [-0.15, -0.1) is 0 Å². The van der Waals surface area contributed by atoms with Crippen LogP contribution in [0.2, 0.25) is 0 Å². The second kappa shape index (κ2) is 9.26. The molecule has 3 heterocycles. The Balaban J connectivity index is 1.31. The van der Waals surface area contributed by atoms with Crippen molar-refractivity contribution < 1.29 is 8.42 Å². The molecular formula is C28H20N6O2S. The normalized spacial score (nSPS) is 11.4. The van der Waals surface area contributed by atoms with Gasteiger partial charge in [0.1, 0.15) is 12.1 Å². The number of anilines is 2. The third kappa shape index (κ3) is 4.42. The van der Waals surface area contributed by atoms with E-state index in [0.29, 0.717) is 17.9 Å². The lowest BCUT2D eigenvalue weighted by Crippen LogP contribution is -2.11. The second-order valence-electron chi connectivity index (χ2n) is 8.32. The summed E-state index contributed by atoms with van der Waals surface area (Å²) in [5, 5.41) is 4.97. The molecule has 0 radical (unpaired) electrons. The quantitative estimate of drug-likeness (QED) is 0.339. The molecule has 8 nitrogen and oxygen atoms in total. The van der Waals surface area contributed by atoms with Crippen LogP contribution in [0.15, 0.2) is 109 Å². The lowest BCUT2D eigenvalue weighted by atomic mass is 10.1. The molecule has 0 spiro atoms. The number of fused-ring (bicyclic) bond motifs is 2. The Labute approximate surface area is 213 Å². The predicted molar refractivity (Wildman–Crippen MR) is 143 cm³/mol. The van der Waals surface area contributed by atoms with Crippen LogP contribution in [-0.4, -0.2) is 31.9 Å². The Morgan fingerprint density at radius 2 is 1.81 bits per heavy atom. The largest absolute Gasteiger partial charge is 0.340 e. The zero-order chi connectivity index (χ0) is 25.2. The van der Waals surface area contributed by atoms with E-state index in [2.05, 4.69) is 32.1 Å². The van der Waals surface area contributed by atoms with Crippen molar-refractivity contribution in [3.63, 3.8) is 0 Å². The highest BCUT2D eigenvalue weighted by atomic mass is 32.2. The molecule has 0 aliphatic carbocycles. The van der Waals surface area contributed by atoms with Gasteiger partial charge in [-0.25, -0.2) is 27.3 Å². The molecule has 0 saturated carbocycles. The predicted octanol–water partition coefficient (Wildman–Crippen LogP) is 4.81. The summed E-state index contributed by atoms with van der Waals surface area (Å²) in [7, 11) is -3.69. The van der Waals surface area contributed by atoms with Crippen LogP contribution in [-0.2, 0) is 16.6 Å². The van der Waals surface area contributed by atoms with Gasteiger partial charge in [0.15, 0.2) is 0 Å². The van der Waals surface area contributed by atoms with Crippen LogP contribution in [0.25, 0.3) is 21.8 Å². The van der Waals surface area contributed by atoms with Crippen molar-refractivity contribution >= 4 is 43.3 Å². The number of aromatic nitrogens is 5. The minimum atomic E-state index is -3.69. The van der Waals surface area contributed by atoms with E-state index in [0.717, 1.165) is 27.5 Å². The van der Waals surface area contributed by atoms with Crippen molar-refractivity contribution in [1.82, 2.24) is 23.5 Å². The Morgan fingerprint density at radius 1 is 0.919 bits per heavy atom. The summed E-state index contributed by atoms with van der Waals surface area (Å²) in [6.45, 7) is 0.550. The molecule has 3 aromatic heterocycles. The van der Waals surface area contributed by atoms with Crippen LogP contribution in [0.5, 0.6) is 0 Å². The third-order valence-electron chi connectivity index (χ3n) is 5.91. The minimum Gasteiger partial charge on any atom is -0.340 e. The Kier molecular flexibility index (Phi) is 5.63. The van der Waals surface area contributed by atoms with E-state index in [1.54, 1.807) is 61.2 Å². The molecule has 0 aliphatic rings. The smallest absolute Gasteiger partial charge is 0.268 e. The molecule has 0 atom stereocenters. The number of hydrogen-bond acceptors (Lipinski definition) is 6. The molecule has 0 unspecified atom stereocenters. The number of nitrogens with zero attached hydrogens (tertiary/aromatic N) is 5. The lowest BCUT2D eigenvalue weighted by Gasteiger charge is -2.10. The maximum Gasteiger partial charge on any atom is 0.268 e. The fourth-order valence-electron chi connectivity index (χ4n) is 4.09.